The third kappa shape index (κ3) is 1.87. The molecule has 0 spiro atoms. The number of H-pyrrole nitrogens is 1. The second-order valence-corrected chi connectivity index (χ2v) is 3.77. The van der Waals surface area contributed by atoms with E-state index < -0.39 is 0 Å². The average Bonchev–Trinajstić information content (AvgIpc) is 1.94. The predicted octanol–water partition coefficient (Wildman–Crippen LogP) is 3.03. The maximum atomic E-state index is 4.98. The second kappa shape index (κ2) is 3.45. The Morgan fingerprint density at radius 1 is 1.64 bits per heavy atom. The SMILES string of the molecule is CC(C)c1[nH]cnc(=S)c1Br. The number of nitrogens with zero attached hydrogens (tertiary/aromatic N) is 1. The molecule has 0 aliphatic rings. The van der Waals surface area contributed by atoms with Crippen molar-refractivity contribution in [3.63, 3.8) is 0 Å². The third-order valence-electron chi connectivity index (χ3n) is 1.40. The van der Waals surface area contributed by atoms with Gasteiger partial charge in [0.25, 0.3) is 0 Å². The Labute approximate surface area is 79.2 Å². The van der Waals surface area contributed by atoms with Crippen LogP contribution in [0.3, 0.4) is 0 Å². The standard InChI is InChI=1S/C7H9BrN2S/c1-4(2)6-5(8)7(11)10-3-9-6/h3-4H,1-2H3,(H,9,10,11). The van der Waals surface area contributed by atoms with Crippen LogP contribution in [0.2, 0.25) is 0 Å². The molecule has 0 atom stereocenters. The van der Waals surface area contributed by atoms with Gasteiger partial charge in [0.05, 0.1) is 10.8 Å². The Bertz CT molecular complexity index is 306. The zero-order valence-corrected chi connectivity index (χ0v) is 8.79. The van der Waals surface area contributed by atoms with Gasteiger partial charge in [-0.1, -0.05) is 26.1 Å². The summed E-state index contributed by atoms with van der Waals surface area (Å²) in [5.41, 5.74) is 1.10. The molecule has 11 heavy (non-hydrogen) atoms. The first-order valence-electron chi connectivity index (χ1n) is 3.36. The zero-order chi connectivity index (χ0) is 8.43. The highest BCUT2D eigenvalue weighted by molar-refractivity contribution is 9.10. The van der Waals surface area contributed by atoms with E-state index in [0.717, 1.165) is 10.2 Å². The van der Waals surface area contributed by atoms with Gasteiger partial charge >= 0.3 is 0 Å². The molecule has 1 aromatic rings. The molecule has 1 N–H and O–H groups in total. The normalized spacial score (nSPS) is 10.5. The van der Waals surface area contributed by atoms with Crippen LogP contribution >= 0.6 is 28.1 Å². The van der Waals surface area contributed by atoms with Gasteiger partial charge in [-0.25, -0.2) is 4.98 Å². The van der Waals surface area contributed by atoms with Crippen LogP contribution < -0.4 is 0 Å². The van der Waals surface area contributed by atoms with Crippen LogP contribution in [0.25, 0.3) is 0 Å². The fourth-order valence-electron chi connectivity index (χ4n) is 0.816. The zero-order valence-electron chi connectivity index (χ0n) is 6.39. The highest BCUT2D eigenvalue weighted by Gasteiger charge is 2.05. The van der Waals surface area contributed by atoms with Gasteiger partial charge in [-0.05, 0) is 21.8 Å². The minimum Gasteiger partial charge on any atom is -0.348 e. The van der Waals surface area contributed by atoms with Crippen molar-refractivity contribution in [3.05, 3.63) is 21.1 Å². The summed E-state index contributed by atoms with van der Waals surface area (Å²) in [4.78, 5) is 6.99. The average molecular weight is 233 g/mol. The van der Waals surface area contributed by atoms with Gasteiger partial charge in [-0.2, -0.15) is 0 Å². The van der Waals surface area contributed by atoms with Crippen molar-refractivity contribution in [1.29, 1.82) is 0 Å². The summed E-state index contributed by atoms with van der Waals surface area (Å²) in [5.74, 6) is 0.439. The van der Waals surface area contributed by atoms with E-state index in [1.807, 2.05) is 0 Å². The molecule has 0 amide bonds. The van der Waals surface area contributed by atoms with Gasteiger partial charge in [0.2, 0.25) is 0 Å². The topological polar surface area (TPSA) is 28.7 Å². The molecule has 1 rings (SSSR count). The Morgan fingerprint density at radius 2 is 2.27 bits per heavy atom. The second-order valence-electron chi connectivity index (χ2n) is 2.59. The summed E-state index contributed by atoms with van der Waals surface area (Å²) < 4.78 is 1.53. The van der Waals surface area contributed by atoms with Gasteiger partial charge in [-0.15, -0.1) is 0 Å². The van der Waals surface area contributed by atoms with Crippen LogP contribution in [0.5, 0.6) is 0 Å². The Morgan fingerprint density at radius 3 is 2.73 bits per heavy atom. The molecule has 0 aliphatic heterocycles. The van der Waals surface area contributed by atoms with Crippen LogP contribution in [-0.2, 0) is 0 Å². The summed E-state index contributed by atoms with van der Waals surface area (Å²) in [5, 5.41) is 0. The fourth-order valence-corrected chi connectivity index (χ4v) is 1.65. The quantitative estimate of drug-likeness (QED) is 0.755. The summed E-state index contributed by atoms with van der Waals surface area (Å²) in [6, 6.07) is 0. The van der Waals surface area contributed by atoms with Crippen molar-refractivity contribution >= 4 is 28.1 Å². The van der Waals surface area contributed by atoms with E-state index >= 15 is 0 Å². The third-order valence-corrected chi connectivity index (χ3v) is 2.78. The molecular formula is C7H9BrN2S. The van der Waals surface area contributed by atoms with Crippen molar-refractivity contribution in [2.75, 3.05) is 0 Å². The molecule has 60 valence electrons. The summed E-state index contributed by atoms with van der Waals surface area (Å²) >= 11 is 8.36. The van der Waals surface area contributed by atoms with Crippen molar-refractivity contribution in [3.8, 4) is 0 Å². The number of rotatable bonds is 1. The van der Waals surface area contributed by atoms with E-state index in [1.165, 1.54) is 0 Å². The molecule has 2 nitrogen and oxygen atoms in total. The van der Waals surface area contributed by atoms with E-state index in [-0.39, 0.29) is 0 Å². The van der Waals surface area contributed by atoms with Gasteiger partial charge in [-0.3, -0.25) is 0 Å². The lowest BCUT2D eigenvalue weighted by Gasteiger charge is -2.06. The van der Waals surface area contributed by atoms with E-state index in [4.69, 9.17) is 12.2 Å². The fraction of sp³-hybridized carbons (Fsp3) is 0.429. The molecule has 4 heteroatoms. The summed E-state index contributed by atoms with van der Waals surface area (Å²) in [6.07, 6.45) is 1.63. The lowest BCUT2D eigenvalue weighted by atomic mass is 10.1. The number of halogens is 1. The molecule has 0 radical (unpaired) electrons. The minimum absolute atomic E-state index is 0.439. The number of hydrogen-bond acceptors (Lipinski definition) is 2. The number of aromatic amines is 1. The Balaban J connectivity index is 3.28. The van der Waals surface area contributed by atoms with Crippen LogP contribution in [0, 0.1) is 4.64 Å². The van der Waals surface area contributed by atoms with E-state index in [2.05, 4.69) is 39.7 Å². The first-order chi connectivity index (χ1) is 5.13. The summed E-state index contributed by atoms with van der Waals surface area (Å²) in [7, 11) is 0. The lowest BCUT2D eigenvalue weighted by Crippen LogP contribution is -1.95. The van der Waals surface area contributed by atoms with E-state index in [9.17, 15) is 0 Å². The molecule has 0 aliphatic carbocycles. The summed E-state index contributed by atoms with van der Waals surface area (Å²) in [6.45, 7) is 4.21. The van der Waals surface area contributed by atoms with Crippen LogP contribution in [0.15, 0.2) is 10.8 Å². The van der Waals surface area contributed by atoms with Gasteiger partial charge in [0.15, 0.2) is 0 Å². The molecule has 0 bridgehead atoms. The Kier molecular flexibility index (Phi) is 2.78. The maximum absolute atomic E-state index is 4.98. The van der Waals surface area contributed by atoms with Gasteiger partial charge in [0.1, 0.15) is 4.64 Å². The lowest BCUT2D eigenvalue weighted by molar-refractivity contribution is 0.804. The first kappa shape index (κ1) is 8.87. The van der Waals surface area contributed by atoms with Crippen molar-refractivity contribution < 1.29 is 0 Å². The number of nitrogens with one attached hydrogen (secondary N) is 1. The van der Waals surface area contributed by atoms with Crippen LogP contribution in [-0.4, -0.2) is 9.97 Å². The molecule has 1 heterocycles. The molecule has 0 saturated heterocycles. The Hall–Kier alpha value is -0.220. The molecular weight excluding hydrogens is 224 g/mol. The van der Waals surface area contributed by atoms with Gasteiger partial charge in [0, 0.05) is 5.69 Å². The highest BCUT2D eigenvalue weighted by atomic mass is 79.9. The number of hydrogen-bond donors (Lipinski definition) is 1. The smallest absolute Gasteiger partial charge is 0.143 e. The van der Waals surface area contributed by atoms with E-state index in [1.54, 1.807) is 6.33 Å². The molecule has 0 fully saturated rings. The van der Waals surface area contributed by atoms with Crippen molar-refractivity contribution in [1.82, 2.24) is 9.97 Å². The monoisotopic (exact) mass is 232 g/mol. The molecule has 1 aromatic heterocycles. The first-order valence-corrected chi connectivity index (χ1v) is 4.56. The molecule has 0 aromatic carbocycles. The highest BCUT2D eigenvalue weighted by Crippen LogP contribution is 2.21. The molecule has 0 unspecified atom stereocenters. The van der Waals surface area contributed by atoms with Crippen LogP contribution in [0.4, 0.5) is 0 Å². The van der Waals surface area contributed by atoms with Crippen LogP contribution in [0.1, 0.15) is 25.5 Å². The van der Waals surface area contributed by atoms with Crippen molar-refractivity contribution in [2.45, 2.75) is 19.8 Å². The number of aromatic nitrogens is 2. The predicted molar refractivity (Wildman–Crippen MR) is 51.2 cm³/mol. The van der Waals surface area contributed by atoms with Crippen molar-refractivity contribution in [2.24, 2.45) is 0 Å². The largest absolute Gasteiger partial charge is 0.348 e. The molecule has 0 saturated carbocycles. The van der Waals surface area contributed by atoms with E-state index in [0.29, 0.717) is 10.6 Å². The van der Waals surface area contributed by atoms with Gasteiger partial charge < -0.3 is 4.98 Å². The minimum atomic E-state index is 0.439. The maximum Gasteiger partial charge on any atom is 0.143 e.